The quantitative estimate of drug-likeness (QED) is 0.779. The highest BCUT2D eigenvalue weighted by molar-refractivity contribution is 5.44. The van der Waals surface area contributed by atoms with Gasteiger partial charge < -0.3 is 5.73 Å². The number of fused-ring (bicyclic) bond motifs is 1. The van der Waals surface area contributed by atoms with Gasteiger partial charge in [0.15, 0.2) is 0 Å². The van der Waals surface area contributed by atoms with E-state index in [1.807, 2.05) is 6.07 Å². The summed E-state index contributed by atoms with van der Waals surface area (Å²) in [5.41, 5.74) is 9.04. The zero-order chi connectivity index (χ0) is 12.5. The minimum atomic E-state index is -0.224. The number of nitrogen functional groups attached to an aromatic ring is 1. The number of halogens is 1. The maximum Gasteiger partial charge on any atom is 0.129 e. The Morgan fingerprint density at radius 2 is 2.17 bits per heavy atom. The number of aryl methyl sites for hydroxylation is 1. The molecule has 0 saturated heterocycles. The number of anilines is 1. The second kappa shape index (κ2) is 4.41. The molecule has 1 atom stereocenters. The average Bonchev–Trinajstić information content (AvgIpc) is 2.38. The standard InChI is InChI=1S/C15H15FN2/c16-14-9-11(17)6-7-12(14)13-5-1-3-10-4-2-8-18-15(10)13/h2,4,6-9,13H,1,3,5,17H2. The lowest BCUT2D eigenvalue weighted by molar-refractivity contribution is 0.550. The summed E-state index contributed by atoms with van der Waals surface area (Å²) in [5.74, 6) is -0.158. The summed E-state index contributed by atoms with van der Waals surface area (Å²) in [6.07, 6.45) is 4.85. The van der Waals surface area contributed by atoms with Crippen LogP contribution in [0.1, 0.15) is 35.6 Å². The maximum absolute atomic E-state index is 14.0. The first-order valence-corrected chi connectivity index (χ1v) is 6.24. The number of pyridine rings is 1. The van der Waals surface area contributed by atoms with E-state index in [-0.39, 0.29) is 11.7 Å². The third-order valence-corrected chi connectivity index (χ3v) is 3.60. The summed E-state index contributed by atoms with van der Waals surface area (Å²) in [5, 5.41) is 0. The van der Waals surface area contributed by atoms with Crippen LogP contribution in [0.4, 0.5) is 10.1 Å². The van der Waals surface area contributed by atoms with Crippen LogP contribution in [0.3, 0.4) is 0 Å². The number of nitrogens with two attached hydrogens (primary N) is 1. The van der Waals surface area contributed by atoms with Crippen LogP contribution in [0.15, 0.2) is 36.5 Å². The van der Waals surface area contributed by atoms with Crippen molar-refractivity contribution in [3.8, 4) is 0 Å². The Bertz CT molecular complexity index is 580. The van der Waals surface area contributed by atoms with Gasteiger partial charge in [0.2, 0.25) is 0 Å². The fourth-order valence-electron chi connectivity index (χ4n) is 2.74. The monoisotopic (exact) mass is 242 g/mol. The Hall–Kier alpha value is -1.90. The molecule has 0 saturated carbocycles. The van der Waals surface area contributed by atoms with Crippen molar-refractivity contribution in [3.05, 3.63) is 59.2 Å². The molecule has 0 bridgehead atoms. The molecule has 2 nitrogen and oxygen atoms in total. The largest absolute Gasteiger partial charge is 0.399 e. The summed E-state index contributed by atoms with van der Waals surface area (Å²) in [6.45, 7) is 0. The fourth-order valence-corrected chi connectivity index (χ4v) is 2.74. The Morgan fingerprint density at radius 1 is 1.28 bits per heavy atom. The van der Waals surface area contributed by atoms with Gasteiger partial charge in [-0.15, -0.1) is 0 Å². The molecule has 2 aromatic rings. The third-order valence-electron chi connectivity index (χ3n) is 3.60. The molecule has 1 aromatic heterocycles. The van der Waals surface area contributed by atoms with E-state index in [1.54, 1.807) is 18.3 Å². The summed E-state index contributed by atoms with van der Waals surface area (Å²) < 4.78 is 14.0. The van der Waals surface area contributed by atoms with E-state index < -0.39 is 0 Å². The minimum Gasteiger partial charge on any atom is -0.399 e. The van der Waals surface area contributed by atoms with Gasteiger partial charge >= 0.3 is 0 Å². The van der Waals surface area contributed by atoms with E-state index in [4.69, 9.17) is 5.73 Å². The minimum absolute atomic E-state index is 0.0653. The van der Waals surface area contributed by atoms with Gasteiger partial charge in [-0.2, -0.15) is 0 Å². The first kappa shape index (κ1) is 11.2. The smallest absolute Gasteiger partial charge is 0.129 e. The van der Waals surface area contributed by atoms with Gasteiger partial charge in [0, 0.05) is 17.8 Å². The van der Waals surface area contributed by atoms with Crippen molar-refractivity contribution in [3.63, 3.8) is 0 Å². The first-order chi connectivity index (χ1) is 8.75. The molecule has 2 N–H and O–H groups in total. The molecule has 18 heavy (non-hydrogen) atoms. The van der Waals surface area contributed by atoms with Crippen LogP contribution in [-0.4, -0.2) is 4.98 Å². The Kier molecular flexibility index (Phi) is 2.74. The number of hydrogen-bond acceptors (Lipinski definition) is 2. The lowest BCUT2D eigenvalue weighted by atomic mass is 9.82. The van der Waals surface area contributed by atoms with Gasteiger partial charge in [0.25, 0.3) is 0 Å². The molecular weight excluding hydrogens is 227 g/mol. The highest BCUT2D eigenvalue weighted by Gasteiger charge is 2.25. The topological polar surface area (TPSA) is 38.9 Å². The number of aromatic nitrogens is 1. The normalized spacial score (nSPS) is 18.4. The second-order valence-electron chi connectivity index (χ2n) is 4.77. The van der Waals surface area contributed by atoms with E-state index in [9.17, 15) is 4.39 Å². The fraction of sp³-hybridized carbons (Fsp3) is 0.267. The number of rotatable bonds is 1. The SMILES string of the molecule is Nc1ccc(C2CCCc3cccnc32)c(F)c1. The summed E-state index contributed by atoms with van der Waals surface area (Å²) in [6, 6.07) is 8.98. The van der Waals surface area contributed by atoms with Crippen LogP contribution in [-0.2, 0) is 6.42 Å². The predicted octanol–water partition coefficient (Wildman–Crippen LogP) is 3.27. The highest BCUT2D eigenvalue weighted by Crippen LogP contribution is 2.36. The molecule has 1 aliphatic carbocycles. The van der Waals surface area contributed by atoms with E-state index in [2.05, 4.69) is 11.1 Å². The van der Waals surface area contributed by atoms with Crippen molar-refractivity contribution in [2.45, 2.75) is 25.2 Å². The average molecular weight is 242 g/mol. The molecular formula is C15H15FN2. The molecule has 1 unspecified atom stereocenters. The highest BCUT2D eigenvalue weighted by atomic mass is 19.1. The zero-order valence-electron chi connectivity index (χ0n) is 10.1. The first-order valence-electron chi connectivity index (χ1n) is 6.24. The molecule has 92 valence electrons. The van der Waals surface area contributed by atoms with Crippen LogP contribution < -0.4 is 5.73 Å². The summed E-state index contributed by atoms with van der Waals surface area (Å²) >= 11 is 0. The lowest BCUT2D eigenvalue weighted by Gasteiger charge is -2.25. The van der Waals surface area contributed by atoms with Crippen LogP contribution in [0.25, 0.3) is 0 Å². The molecule has 0 amide bonds. The van der Waals surface area contributed by atoms with E-state index >= 15 is 0 Å². The van der Waals surface area contributed by atoms with Gasteiger partial charge in [-0.05, 0) is 48.6 Å². The van der Waals surface area contributed by atoms with E-state index in [0.29, 0.717) is 11.3 Å². The molecule has 0 spiro atoms. The van der Waals surface area contributed by atoms with Crippen molar-refractivity contribution in [1.82, 2.24) is 4.98 Å². The van der Waals surface area contributed by atoms with Gasteiger partial charge in [-0.3, -0.25) is 4.98 Å². The zero-order valence-corrected chi connectivity index (χ0v) is 10.1. The number of nitrogens with zero attached hydrogens (tertiary/aromatic N) is 1. The molecule has 1 aromatic carbocycles. The second-order valence-corrected chi connectivity index (χ2v) is 4.77. The number of hydrogen-bond donors (Lipinski definition) is 1. The van der Waals surface area contributed by atoms with Gasteiger partial charge in [-0.25, -0.2) is 4.39 Å². The van der Waals surface area contributed by atoms with E-state index in [0.717, 1.165) is 25.0 Å². The molecule has 1 heterocycles. The van der Waals surface area contributed by atoms with Crippen LogP contribution in [0, 0.1) is 5.82 Å². The molecule has 0 aliphatic heterocycles. The van der Waals surface area contributed by atoms with Crippen LogP contribution in [0.2, 0.25) is 0 Å². The van der Waals surface area contributed by atoms with Crippen LogP contribution in [0.5, 0.6) is 0 Å². The van der Waals surface area contributed by atoms with Crippen molar-refractivity contribution in [1.29, 1.82) is 0 Å². The molecule has 0 fully saturated rings. The van der Waals surface area contributed by atoms with Crippen molar-refractivity contribution in [2.75, 3.05) is 5.73 Å². The van der Waals surface area contributed by atoms with Gasteiger partial charge in [0.05, 0.1) is 5.69 Å². The van der Waals surface area contributed by atoms with Crippen LogP contribution >= 0.6 is 0 Å². The number of benzene rings is 1. The maximum atomic E-state index is 14.0. The summed E-state index contributed by atoms with van der Waals surface area (Å²) in [4.78, 5) is 4.44. The Labute approximate surface area is 106 Å². The molecule has 3 heteroatoms. The predicted molar refractivity (Wildman–Crippen MR) is 69.8 cm³/mol. The third kappa shape index (κ3) is 1.86. The lowest BCUT2D eigenvalue weighted by Crippen LogP contribution is -2.14. The van der Waals surface area contributed by atoms with Gasteiger partial charge in [0.1, 0.15) is 5.82 Å². The molecule has 1 aliphatic rings. The molecule has 3 rings (SSSR count). The Balaban J connectivity index is 2.08. The van der Waals surface area contributed by atoms with Gasteiger partial charge in [-0.1, -0.05) is 12.1 Å². The van der Waals surface area contributed by atoms with Crippen molar-refractivity contribution < 1.29 is 4.39 Å². The van der Waals surface area contributed by atoms with E-state index in [1.165, 1.54) is 11.6 Å². The van der Waals surface area contributed by atoms with Crippen molar-refractivity contribution >= 4 is 5.69 Å². The summed E-state index contributed by atoms with van der Waals surface area (Å²) in [7, 11) is 0. The molecule has 0 radical (unpaired) electrons. The Morgan fingerprint density at radius 3 is 3.00 bits per heavy atom. The van der Waals surface area contributed by atoms with Crippen molar-refractivity contribution in [2.24, 2.45) is 0 Å².